The molecule has 1 aromatic carbocycles. The highest BCUT2D eigenvalue weighted by molar-refractivity contribution is 6.33. The molecule has 0 amide bonds. The fraction of sp³-hybridized carbons (Fsp3) is 0.0769. The van der Waals surface area contributed by atoms with Gasteiger partial charge in [0.25, 0.3) is 0 Å². The first-order valence-corrected chi connectivity index (χ1v) is 5.70. The maximum Gasteiger partial charge on any atom is 0.335 e. The number of carboxylic acids is 1. The van der Waals surface area contributed by atoms with Gasteiger partial charge in [0, 0.05) is 18.9 Å². The highest BCUT2D eigenvalue weighted by Gasteiger charge is 2.06. The van der Waals surface area contributed by atoms with Crippen LogP contribution in [0.5, 0.6) is 0 Å². The lowest BCUT2D eigenvalue weighted by Crippen LogP contribution is -2.02. The first kappa shape index (κ1) is 12.4. The van der Waals surface area contributed by atoms with Crippen LogP contribution in [0, 0.1) is 0 Å². The standard InChI is InChI=1S/C13H11ClN2O2/c14-11-6-10(13(17)18)3-4-12(11)16-8-9-2-1-5-15-7-9/h1-7,16H,8H2,(H,17,18). The van der Waals surface area contributed by atoms with Gasteiger partial charge in [-0.3, -0.25) is 4.98 Å². The molecular formula is C13H11ClN2O2. The summed E-state index contributed by atoms with van der Waals surface area (Å²) in [5.41, 5.74) is 1.90. The van der Waals surface area contributed by atoms with Crippen molar-refractivity contribution in [1.82, 2.24) is 4.98 Å². The Labute approximate surface area is 109 Å². The Morgan fingerprint density at radius 1 is 1.39 bits per heavy atom. The van der Waals surface area contributed by atoms with E-state index in [1.165, 1.54) is 12.1 Å². The molecule has 92 valence electrons. The number of aromatic carboxylic acids is 1. The van der Waals surface area contributed by atoms with E-state index < -0.39 is 5.97 Å². The second-order valence-corrected chi connectivity index (χ2v) is 4.12. The second kappa shape index (κ2) is 5.51. The molecule has 0 fully saturated rings. The van der Waals surface area contributed by atoms with Crippen molar-refractivity contribution in [3.8, 4) is 0 Å². The number of pyridine rings is 1. The van der Waals surface area contributed by atoms with E-state index in [2.05, 4.69) is 10.3 Å². The molecule has 0 radical (unpaired) electrons. The van der Waals surface area contributed by atoms with Gasteiger partial charge < -0.3 is 10.4 Å². The fourth-order valence-electron chi connectivity index (χ4n) is 1.49. The van der Waals surface area contributed by atoms with Crippen LogP contribution in [0.2, 0.25) is 5.02 Å². The number of benzene rings is 1. The van der Waals surface area contributed by atoms with Gasteiger partial charge >= 0.3 is 5.97 Å². The summed E-state index contributed by atoms with van der Waals surface area (Å²) in [6, 6.07) is 8.39. The van der Waals surface area contributed by atoms with Crippen molar-refractivity contribution in [3.05, 3.63) is 58.9 Å². The molecule has 0 aliphatic rings. The van der Waals surface area contributed by atoms with Crippen LogP contribution in [-0.4, -0.2) is 16.1 Å². The Kier molecular flexibility index (Phi) is 3.79. The quantitative estimate of drug-likeness (QED) is 0.889. The van der Waals surface area contributed by atoms with Crippen LogP contribution in [0.1, 0.15) is 15.9 Å². The Hall–Kier alpha value is -2.07. The van der Waals surface area contributed by atoms with E-state index in [9.17, 15) is 4.79 Å². The van der Waals surface area contributed by atoms with Gasteiger partial charge in [0.2, 0.25) is 0 Å². The van der Waals surface area contributed by atoms with Gasteiger partial charge in [0.05, 0.1) is 16.3 Å². The molecule has 1 aromatic heterocycles. The molecule has 18 heavy (non-hydrogen) atoms. The third-order valence-corrected chi connectivity index (χ3v) is 2.73. The van der Waals surface area contributed by atoms with Crippen LogP contribution >= 0.6 is 11.6 Å². The number of carbonyl (C=O) groups is 1. The van der Waals surface area contributed by atoms with Crippen molar-refractivity contribution in [2.75, 3.05) is 5.32 Å². The maximum atomic E-state index is 10.8. The van der Waals surface area contributed by atoms with Crippen molar-refractivity contribution >= 4 is 23.3 Å². The van der Waals surface area contributed by atoms with Gasteiger partial charge in [-0.05, 0) is 29.8 Å². The van der Waals surface area contributed by atoms with E-state index in [1.54, 1.807) is 18.5 Å². The predicted octanol–water partition coefficient (Wildman–Crippen LogP) is 3.05. The lowest BCUT2D eigenvalue weighted by atomic mass is 10.2. The van der Waals surface area contributed by atoms with Gasteiger partial charge in [-0.25, -0.2) is 4.79 Å². The number of nitrogens with zero attached hydrogens (tertiary/aromatic N) is 1. The Morgan fingerprint density at radius 2 is 2.22 bits per heavy atom. The van der Waals surface area contributed by atoms with Gasteiger partial charge in [0.1, 0.15) is 0 Å². The molecule has 0 saturated heterocycles. The number of aromatic nitrogens is 1. The number of rotatable bonds is 4. The molecule has 4 nitrogen and oxygen atoms in total. The third kappa shape index (κ3) is 2.99. The van der Waals surface area contributed by atoms with E-state index in [4.69, 9.17) is 16.7 Å². The molecule has 0 bridgehead atoms. The molecule has 2 N–H and O–H groups in total. The first-order chi connectivity index (χ1) is 8.66. The fourth-order valence-corrected chi connectivity index (χ4v) is 1.74. The van der Waals surface area contributed by atoms with Crippen LogP contribution in [0.4, 0.5) is 5.69 Å². The SMILES string of the molecule is O=C(O)c1ccc(NCc2cccnc2)c(Cl)c1. The zero-order valence-corrected chi connectivity index (χ0v) is 10.2. The monoisotopic (exact) mass is 262 g/mol. The van der Waals surface area contributed by atoms with E-state index in [0.717, 1.165) is 5.56 Å². The lowest BCUT2D eigenvalue weighted by molar-refractivity contribution is 0.0697. The average Bonchev–Trinajstić information content (AvgIpc) is 2.38. The predicted molar refractivity (Wildman–Crippen MR) is 70.0 cm³/mol. The number of carboxylic acid groups (broad SMARTS) is 1. The summed E-state index contributed by atoms with van der Waals surface area (Å²) in [4.78, 5) is 14.8. The molecule has 5 heteroatoms. The number of anilines is 1. The largest absolute Gasteiger partial charge is 0.478 e. The second-order valence-electron chi connectivity index (χ2n) is 3.71. The van der Waals surface area contributed by atoms with Crippen molar-refractivity contribution in [3.63, 3.8) is 0 Å². The van der Waals surface area contributed by atoms with E-state index >= 15 is 0 Å². The normalized spacial score (nSPS) is 10.1. The lowest BCUT2D eigenvalue weighted by Gasteiger charge is -2.08. The summed E-state index contributed by atoms with van der Waals surface area (Å²) in [5, 5.41) is 12.3. The summed E-state index contributed by atoms with van der Waals surface area (Å²) in [6.07, 6.45) is 3.46. The van der Waals surface area contributed by atoms with Gasteiger partial charge in [-0.2, -0.15) is 0 Å². The third-order valence-electron chi connectivity index (χ3n) is 2.42. The summed E-state index contributed by atoms with van der Waals surface area (Å²) >= 11 is 6.00. The molecule has 0 spiro atoms. The highest BCUT2D eigenvalue weighted by Crippen LogP contribution is 2.23. The van der Waals surface area contributed by atoms with Crippen LogP contribution in [0.15, 0.2) is 42.7 Å². The molecule has 2 rings (SSSR count). The van der Waals surface area contributed by atoms with Crippen molar-refractivity contribution < 1.29 is 9.90 Å². The molecular weight excluding hydrogens is 252 g/mol. The minimum absolute atomic E-state index is 0.173. The summed E-state index contributed by atoms with van der Waals surface area (Å²) in [6.45, 7) is 0.583. The van der Waals surface area contributed by atoms with Gasteiger partial charge in [-0.1, -0.05) is 17.7 Å². The maximum absolute atomic E-state index is 10.8. The smallest absolute Gasteiger partial charge is 0.335 e. The summed E-state index contributed by atoms with van der Waals surface area (Å²) in [7, 11) is 0. The molecule has 0 unspecified atom stereocenters. The van der Waals surface area contributed by atoms with E-state index in [0.29, 0.717) is 17.3 Å². The Bertz CT molecular complexity index is 558. The summed E-state index contributed by atoms with van der Waals surface area (Å²) < 4.78 is 0. The van der Waals surface area contributed by atoms with Gasteiger partial charge in [0.15, 0.2) is 0 Å². The molecule has 2 aromatic rings. The van der Waals surface area contributed by atoms with Crippen molar-refractivity contribution in [1.29, 1.82) is 0 Å². The minimum Gasteiger partial charge on any atom is -0.478 e. The molecule has 0 aliphatic carbocycles. The van der Waals surface area contributed by atoms with E-state index in [-0.39, 0.29) is 5.56 Å². The average molecular weight is 263 g/mol. The van der Waals surface area contributed by atoms with Gasteiger partial charge in [-0.15, -0.1) is 0 Å². The number of nitrogens with one attached hydrogen (secondary N) is 1. The van der Waals surface area contributed by atoms with Crippen molar-refractivity contribution in [2.24, 2.45) is 0 Å². The van der Waals surface area contributed by atoms with Crippen LogP contribution < -0.4 is 5.32 Å². The Morgan fingerprint density at radius 3 is 2.83 bits per heavy atom. The van der Waals surface area contributed by atoms with E-state index in [1.807, 2.05) is 12.1 Å². The van der Waals surface area contributed by atoms with Crippen LogP contribution in [0.25, 0.3) is 0 Å². The number of hydrogen-bond acceptors (Lipinski definition) is 3. The van der Waals surface area contributed by atoms with Crippen LogP contribution in [0.3, 0.4) is 0 Å². The highest BCUT2D eigenvalue weighted by atomic mass is 35.5. The number of hydrogen-bond donors (Lipinski definition) is 2. The Balaban J connectivity index is 2.08. The zero-order valence-electron chi connectivity index (χ0n) is 9.43. The topological polar surface area (TPSA) is 62.2 Å². The molecule has 0 atom stereocenters. The van der Waals surface area contributed by atoms with Crippen molar-refractivity contribution in [2.45, 2.75) is 6.54 Å². The zero-order chi connectivity index (χ0) is 13.0. The minimum atomic E-state index is -0.990. The molecule has 1 heterocycles. The summed E-state index contributed by atoms with van der Waals surface area (Å²) in [5.74, 6) is -0.990. The molecule has 0 aliphatic heterocycles. The van der Waals surface area contributed by atoms with Crippen LogP contribution in [-0.2, 0) is 6.54 Å². The number of halogens is 1. The molecule has 0 saturated carbocycles. The first-order valence-electron chi connectivity index (χ1n) is 5.32.